The number of carboxylic acids is 1. The van der Waals surface area contributed by atoms with Gasteiger partial charge in [-0.3, -0.25) is 19.2 Å². The quantitative estimate of drug-likeness (QED) is 0.0913. The SMILES string of the molecule is CC(C)CC(NC(=O)C1CCCN1C(=O)C(Cc1c[nH]c2ccccc12)NC(=O)C(N)Cc1ccc(O)cc1)C(=O)NC(Cc1ccccc1)C(=O)O. The summed E-state index contributed by atoms with van der Waals surface area (Å²) in [6.07, 6.45) is 3.26. The highest BCUT2D eigenvalue weighted by Gasteiger charge is 2.40. The van der Waals surface area contributed by atoms with Crippen LogP contribution in [-0.2, 0) is 43.2 Å². The second-order valence-electron chi connectivity index (χ2n) is 14.1. The maximum atomic E-state index is 14.4. The molecule has 1 aromatic heterocycles. The number of rotatable bonds is 16. The molecule has 13 nitrogen and oxygen atoms in total. The number of nitrogens with zero attached hydrogens (tertiary/aromatic N) is 1. The van der Waals surface area contributed by atoms with Crippen LogP contribution in [0.15, 0.2) is 85.1 Å². The van der Waals surface area contributed by atoms with E-state index in [1.54, 1.807) is 42.6 Å². The van der Waals surface area contributed by atoms with E-state index in [2.05, 4.69) is 20.9 Å². The Balaban J connectivity index is 1.32. The number of carbonyl (C=O) groups is 5. The number of benzene rings is 3. The molecule has 280 valence electrons. The minimum atomic E-state index is -1.21. The molecule has 4 aromatic rings. The third-order valence-corrected chi connectivity index (χ3v) is 9.52. The molecule has 13 heteroatoms. The van der Waals surface area contributed by atoms with Crippen molar-refractivity contribution < 1.29 is 34.2 Å². The summed E-state index contributed by atoms with van der Waals surface area (Å²) in [6, 6.07) is 17.7. The second kappa shape index (κ2) is 17.7. The number of phenolic OH excluding ortho intramolecular Hbond substituents is 1. The molecule has 2 heterocycles. The molecule has 0 saturated carbocycles. The van der Waals surface area contributed by atoms with Gasteiger partial charge in [-0.05, 0) is 66.5 Å². The summed E-state index contributed by atoms with van der Waals surface area (Å²) in [5, 5.41) is 28.7. The highest BCUT2D eigenvalue weighted by molar-refractivity contribution is 5.96. The van der Waals surface area contributed by atoms with Crippen LogP contribution >= 0.6 is 0 Å². The fourth-order valence-electron chi connectivity index (χ4n) is 6.77. The van der Waals surface area contributed by atoms with Gasteiger partial charge in [-0.2, -0.15) is 0 Å². The van der Waals surface area contributed by atoms with Crippen LogP contribution in [-0.4, -0.2) is 86.4 Å². The number of nitrogens with two attached hydrogens (primary N) is 1. The van der Waals surface area contributed by atoms with Crippen LogP contribution in [0.2, 0.25) is 0 Å². The van der Waals surface area contributed by atoms with E-state index in [4.69, 9.17) is 5.73 Å². The average Bonchev–Trinajstić information content (AvgIpc) is 3.79. The first-order valence-corrected chi connectivity index (χ1v) is 18.0. The van der Waals surface area contributed by atoms with Gasteiger partial charge in [-0.25, -0.2) is 4.79 Å². The Morgan fingerprint density at radius 2 is 1.47 bits per heavy atom. The van der Waals surface area contributed by atoms with E-state index in [1.807, 2.05) is 44.2 Å². The van der Waals surface area contributed by atoms with Crippen molar-refractivity contribution in [3.8, 4) is 5.75 Å². The van der Waals surface area contributed by atoms with Crippen molar-refractivity contribution in [3.05, 3.63) is 102 Å². The number of hydrogen-bond acceptors (Lipinski definition) is 7. The Morgan fingerprint density at radius 1 is 0.811 bits per heavy atom. The van der Waals surface area contributed by atoms with Gasteiger partial charge in [0.25, 0.3) is 0 Å². The van der Waals surface area contributed by atoms with Crippen LogP contribution in [0.1, 0.15) is 49.8 Å². The molecule has 5 atom stereocenters. The van der Waals surface area contributed by atoms with Crippen LogP contribution < -0.4 is 21.7 Å². The molecular weight excluding hydrogens is 676 g/mol. The molecule has 8 N–H and O–H groups in total. The van der Waals surface area contributed by atoms with Crippen molar-refractivity contribution in [2.45, 2.75) is 82.6 Å². The number of phenols is 1. The van der Waals surface area contributed by atoms with E-state index in [0.717, 1.165) is 27.6 Å². The van der Waals surface area contributed by atoms with E-state index in [9.17, 15) is 34.2 Å². The highest BCUT2D eigenvalue weighted by Crippen LogP contribution is 2.24. The van der Waals surface area contributed by atoms with Crippen LogP contribution in [0, 0.1) is 5.92 Å². The molecule has 0 bridgehead atoms. The minimum absolute atomic E-state index is 0.0219. The number of amides is 4. The monoisotopic (exact) mass is 724 g/mol. The van der Waals surface area contributed by atoms with Crippen LogP contribution in [0.5, 0.6) is 5.75 Å². The fourth-order valence-corrected chi connectivity index (χ4v) is 6.77. The lowest BCUT2D eigenvalue weighted by Gasteiger charge is -2.31. The molecule has 1 aliphatic heterocycles. The zero-order valence-electron chi connectivity index (χ0n) is 30.0. The van der Waals surface area contributed by atoms with Gasteiger partial charge in [0, 0.05) is 36.5 Å². The van der Waals surface area contributed by atoms with Crippen molar-refractivity contribution in [1.82, 2.24) is 25.8 Å². The first-order chi connectivity index (χ1) is 25.4. The normalized spacial score (nSPS) is 16.5. The van der Waals surface area contributed by atoms with Gasteiger partial charge in [-0.15, -0.1) is 0 Å². The van der Waals surface area contributed by atoms with E-state index >= 15 is 0 Å². The maximum Gasteiger partial charge on any atom is 0.326 e. The predicted octanol–water partition coefficient (Wildman–Crippen LogP) is 2.80. The Labute approximate surface area is 308 Å². The van der Waals surface area contributed by atoms with Crippen molar-refractivity contribution in [1.29, 1.82) is 0 Å². The lowest BCUT2D eigenvalue weighted by molar-refractivity contribution is -0.143. The summed E-state index contributed by atoms with van der Waals surface area (Å²) in [5.74, 6) is -3.30. The van der Waals surface area contributed by atoms with Crippen molar-refractivity contribution >= 4 is 40.5 Å². The number of carboxylic acid groups (broad SMARTS) is 1. The largest absolute Gasteiger partial charge is 0.508 e. The molecular formula is C40H48N6O7. The Bertz CT molecular complexity index is 1890. The van der Waals surface area contributed by atoms with Gasteiger partial charge in [0.2, 0.25) is 23.6 Å². The number of fused-ring (bicyclic) bond motifs is 1. The number of aliphatic carboxylic acids is 1. The molecule has 1 aliphatic rings. The summed E-state index contributed by atoms with van der Waals surface area (Å²) >= 11 is 0. The van der Waals surface area contributed by atoms with E-state index in [0.29, 0.717) is 12.8 Å². The Kier molecular flexibility index (Phi) is 12.9. The number of aromatic nitrogens is 1. The summed E-state index contributed by atoms with van der Waals surface area (Å²) in [6.45, 7) is 4.04. The van der Waals surface area contributed by atoms with E-state index < -0.39 is 59.8 Å². The standard InChI is InChI=1S/C40H48N6O7/c1-24(2)19-32(37(49)45-34(40(52)53)21-25-9-4-3-5-10-25)43-38(50)35-13-8-18-46(35)39(51)33(22-27-23-42-31-12-7-6-11-29(27)31)44-36(48)30(41)20-26-14-16-28(47)17-15-26/h3-7,9-12,14-17,23-24,30,32-35,42,47H,8,13,18-22,41H2,1-2H3,(H,43,50)(H,44,48)(H,45,49)(H,52,53). The molecule has 1 fully saturated rings. The summed E-state index contributed by atoms with van der Waals surface area (Å²) in [7, 11) is 0. The smallest absolute Gasteiger partial charge is 0.326 e. The van der Waals surface area contributed by atoms with Crippen LogP contribution in [0.3, 0.4) is 0 Å². The van der Waals surface area contributed by atoms with Gasteiger partial charge in [0.05, 0.1) is 6.04 Å². The fraction of sp³-hybridized carbons (Fsp3) is 0.375. The Hall–Kier alpha value is -5.69. The minimum Gasteiger partial charge on any atom is -0.508 e. The van der Waals surface area contributed by atoms with E-state index in [1.165, 1.54) is 17.0 Å². The number of nitrogens with one attached hydrogen (secondary N) is 4. The first kappa shape index (κ1) is 38.5. The summed E-state index contributed by atoms with van der Waals surface area (Å²) < 4.78 is 0. The number of likely N-dealkylation sites (tertiary alicyclic amines) is 1. The van der Waals surface area contributed by atoms with Gasteiger partial charge in [0.15, 0.2) is 0 Å². The molecule has 1 saturated heterocycles. The maximum absolute atomic E-state index is 14.4. The molecule has 0 spiro atoms. The number of H-pyrrole nitrogens is 1. The summed E-state index contributed by atoms with van der Waals surface area (Å²) in [5.41, 5.74) is 9.43. The first-order valence-electron chi connectivity index (χ1n) is 18.0. The van der Waals surface area contributed by atoms with Gasteiger partial charge >= 0.3 is 5.97 Å². The molecule has 4 amide bonds. The molecule has 0 radical (unpaired) electrons. The van der Waals surface area contributed by atoms with E-state index in [-0.39, 0.29) is 43.9 Å². The zero-order valence-corrected chi connectivity index (χ0v) is 30.0. The lowest BCUT2D eigenvalue weighted by Crippen LogP contribution is -2.58. The third-order valence-electron chi connectivity index (χ3n) is 9.52. The number of hydrogen-bond donors (Lipinski definition) is 7. The van der Waals surface area contributed by atoms with Crippen molar-refractivity contribution in [2.75, 3.05) is 6.54 Å². The predicted molar refractivity (Wildman–Crippen MR) is 200 cm³/mol. The number of aromatic hydroxyl groups is 1. The molecule has 5 unspecified atom stereocenters. The number of para-hydroxylation sites is 1. The van der Waals surface area contributed by atoms with Gasteiger partial charge in [0.1, 0.15) is 29.9 Å². The number of carbonyl (C=O) groups excluding carboxylic acids is 4. The van der Waals surface area contributed by atoms with Crippen molar-refractivity contribution in [2.24, 2.45) is 11.7 Å². The number of aromatic amines is 1. The van der Waals surface area contributed by atoms with Gasteiger partial charge < -0.3 is 41.8 Å². The lowest BCUT2D eigenvalue weighted by atomic mass is 10.0. The van der Waals surface area contributed by atoms with Gasteiger partial charge in [-0.1, -0.05) is 74.5 Å². The second-order valence-corrected chi connectivity index (χ2v) is 14.1. The summed E-state index contributed by atoms with van der Waals surface area (Å²) in [4.78, 5) is 72.1. The molecule has 3 aromatic carbocycles. The Morgan fingerprint density at radius 3 is 2.17 bits per heavy atom. The molecule has 53 heavy (non-hydrogen) atoms. The molecule has 5 rings (SSSR count). The molecule has 0 aliphatic carbocycles. The zero-order chi connectivity index (χ0) is 38.1. The van der Waals surface area contributed by atoms with Crippen molar-refractivity contribution in [3.63, 3.8) is 0 Å². The topological polar surface area (TPSA) is 207 Å². The van der Waals surface area contributed by atoms with Crippen LogP contribution in [0.25, 0.3) is 10.9 Å². The third kappa shape index (κ3) is 10.2. The van der Waals surface area contributed by atoms with Crippen LogP contribution in [0.4, 0.5) is 0 Å². The average molecular weight is 725 g/mol. The highest BCUT2D eigenvalue weighted by atomic mass is 16.4.